The molecule has 4 rings (SSSR count). The topological polar surface area (TPSA) is 321 Å². The van der Waals surface area contributed by atoms with Crippen LogP contribution in [-0.4, -0.2) is 140 Å². The van der Waals surface area contributed by atoms with Crippen molar-refractivity contribution in [1.29, 1.82) is 0 Å². The highest BCUT2D eigenvalue weighted by atomic mass is 32.2. The standard InChI is InChI=1S/C19H32N2O5.C16H21N3O12S3/c1-4-8-14(19(25)26-5-2)20-12(3)17(22)21-15-10-7-6-9-13(15)11-16(21)18(23)24;20-14(18(8-11-32(22,23)24)9-12-33(25,26)27)7-4-10-30-15-16(19(21)31-17-15)34(28,29)13-5-2-1-3-6-13/h12-16,20H,4-11H2,1-3H3,(H,23,24);1-3,5-6H,4,7-12H2,(H,22,23,24)(H,25,26,27)/t12-,13-,14-,15-,16-;/m0./s1. The molecule has 0 bridgehead atoms. The number of esters is 1. The van der Waals surface area contributed by atoms with E-state index in [0.29, 0.717) is 19.4 Å². The molecule has 0 spiro atoms. The molecule has 1 aromatic heterocycles. The average molecular weight is 912 g/mol. The number of amides is 2. The lowest BCUT2D eigenvalue weighted by atomic mass is 9.84. The number of aromatic nitrogens is 2. The van der Waals surface area contributed by atoms with Crippen LogP contribution in [0.4, 0.5) is 0 Å². The van der Waals surface area contributed by atoms with Crippen LogP contribution in [0, 0.1) is 11.1 Å². The third-order valence-corrected chi connectivity index (χ3v) is 12.9. The fraction of sp³-hybridized carbons (Fsp3) is 0.657. The van der Waals surface area contributed by atoms with Crippen molar-refractivity contribution in [2.75, 3.05) is 37.8 Å². The maximum atomic E-state index is 13.1. The number of hydrogen-bond acceptors (Lipinski definition) is 16. The van der Waals surface area contributed by atoms with Crippen LogP contribution in [0.2, 0.25) is 0 Å². The van der Waals surface area contributed by atoms with E-state index in [1.807, 2.05) is 6.92 Å². The predicted molar refractivity (Wildman–Crippen MR) is 208 cm³/mol. The minimum atomic E-state index is -4.45. The van der Waals surface area contributed by atoms with Crippen LogP contribution in [0.5, 0.6) is 5.88 Å². The van der Waals surface area contributed by atoms with Gasteiger partial charge in [-0.25, -0.2) is 13.2 Å². The van der Waals surface area contributed by atoms with Crippen LogP contribution in [0.15, 0.2) is 44.9 Å². The molecular weight excluding hydrogens is 859 g/mol. The van der Waals surface area contributed by atoms with Crippen molar-refractivity contribution in [1.82, 2.24) is 20.3 Å². The fourth-order valence-corrected chi connectivity index (χ4v) is 9.20. The molecule has 0 radical (unpaired) electrons. The highest BCUT2D eigenvalue weighted by Gasteiger charge is 2.48. The SMILES string of the molecule is CCC[C@H](N[C@@H](C)C(=O)N1[C@H](C(=O)O)C[C@@H]2CCCC[C@@H]21)C(=O)OCC.O=C(CCCOc1no[n+]([O-])c1S(=O)(=O)c1ccccc1)N(CCS(=O)(=O)O)CCS(=O)(=O)O. The van der Waals surface area contributed by atoms with Gasteiger partial charge < -0.3 is 29.6 Å². The highest BCUT2D eigenvalue weighted by molar-refractivity contribution is 7.91. The van der Waals surface area contributed by atoms with Crippen LogP contribution in [0.3, 0.4) is 0 Å². The number of hydrogen-bond donors (Lipinski definition) is 4. The Morgan fingerprint density at radius 3 is 2.20 bits per heavy atom. The zero-order chi connectivity index (χ0) is 44.8. The van der Waals surface area contributed by atoms with Crippen molar-refractivity contribution in [3.8, 4) is 5.88 Å². The van der Waals surface area contributed by atoms with Crippen LogP contribution >= 0.6 is 0 Å². The molecule has 2 heterocycles. The number of carboxylic acids is 1. The summed E-state index contributed by atoms with van der Waals surface area (Å²) in [6.07, 6.45) is 5.48. The Bertz CT molecular complexity index is 2060. The molecule has 22 nitrogen and oxygen atoms in total. The number of carboxylic acid groups (broad SMARTS) is 1. The summed E-state index contributed by atoms with van der Waals surface area (Å²) in [6, 6.07) is 5.03. The normalized spacial score (nSPS) is 18.9. The van der Waals surface area contributed by atoms with E-state index in [4.69, 9.17) is 18.6 Å². The van der Waals surface area contributed by atoms with E-state index in [1.165, 1.54) is 24.3 Å². The Balaban J connectivity index is 0.000000332. The van der Waals surface area contributed by atoms with Gasteiger partial charge in [-0.1, -0.05) is 44.4 Å². The van der Waals surface area contributed by atoms with E-state index in [0.717, 1.165) is 37.0 Å². The third kappa shape index (κ3) is 14.6. The third-order valence-electron chi connectivity index (χ3n) is 9.82. The van der Waals surface area contributed by atoms with Crippen molar-refractivity contribution < 1.29 is 77.6 Å². The summed E-state index contributed by atoms with van der Waals surface area (Å²) >= 11 is 0. The van der Waals surface area contributed by atoms with Gasteiger partial charge in [0.1, 0.15) is 12.1 Å². The molecular formula is C35H53N5O17S3. The second-order valence-corrected chi connectivity index (χ2v) is 19.2. The number of rotatable bonds is 21. The molecule has 2 fully saturated rings. The number of aliphatic carboxylic acids is 1. The smallest absolute Gasteiger partial charge is 0.414 e. The van der Waals surface area contributed by atoms with Crippen molar-refractivity contribution in [2.45, 2.75) is 113 Å². The minimum absolute atomic E-state index is 0.00817. The molecule has 2 aromatic rings. The first kappa shape index (κ1) is 49.9. The summed E-state index contributed by atoms with van der Waals surface area (Å²) in [6.45, 7) is 4.33. The maximum absolute atomic E-state index is 13.1. The molecule has 25 heteroatoms. The number of fused-ring (bicyclic) bond motifs is 1. The highest BCUT2D eigenvalue weighted by Crippen LogP contribution is 2.40. The monoisotopic (exact) mass is 911 g/mol. The number of nitrogens with one attached hydrogen (secondary N) is 1. The van der Waals surface area contributed by atoms with Crippen molar-refractivity contribution in [3.63, 3.8) is 0 Å². The van der Waals surface area contributed by atoms with Gasteiger partial charge in [0.25, 0.3) is 30.1 Å². The fourth-order valence-electron chi connectivity index (χ4n) is 7.00. The Kier molecular flexibility index (Phi) is 18.7. The van der Waals surface area contributed by atoms with Crippen LogP contribution in [0.1, 0.15) is 78.6 Å². The van der Waals surface area contributed by atoms with Gasteiger partial charge in [-0.15, -0.1) is 0 Å². The second-order valence-electron chi connectivity index (χ2n) is 14.2. The van der Waals surface area contributed by atoms with Gasteiger partial charge in [0.2, 0.25) is 11.8 Å². The Labute approximate surface area is 348 Å². The van der Waals surface area contributed by atoms with Gasteiger partial charge >= 0.3 is 22.8 Å². The van der Waals surface area contributed by atoms with Crippen LogP contribution in [0.25, 0.3) is 0 Å². The molecule has 4 N–H and O–H groups in total. The quantitative estimate of drug-likeness (QED) is 0.0584. The zero-order valence-electron chi connectivity index (χ0n) is 33.5. The number of sulfone groups is 1. The first-order valence-corrected chi connectivity index (χ1v) is 24.0. The minimum Gasteiger partial charge on any atom is -0.480 e. The van der Waals surface area contributed by atoms with E-state index in [2.05, 4.69) is 15.1 Å². The van der Waals surface area contributed by atoms with Gasteiger partial charge in [-0.05, 0) is 68.9 Å². The Morgan fingerprint density at radius 1 is 1.02 bits per heavy atom. The molecule has 1 aliphatic heterocycles. The van der Waals surface area contributed by atoms with Gasteiger partial charge in [0.05, 0.1) is 40.8 Å². The van der Waals surface area contributed by atoms with Gasteiger partial charge in [0, 0.05) is 25.6 Å². The average Bonchev–Trinajstić information content (AvgIpc) is 3.76. The number of likely N-dealkylation sites (tertiary alicyclic amines) is 1. The lowest BCUT2D eigenvalue weighted by Crippen LogP contribution is -2.55. The Hall–Kier alpha value is -4.43. The molecule has 1 saturated carbocycles. The molecule has 1 aliphatic carbocycles. The molecule has 1 aromatic carbocycles. The number of carbonyl (C=O) groups is 4. The van der Waals surface area contributed by atoms with Gasteiger partial charge in [-0.2, -0.15) is 16.8 Å². The summed E-state index contributed by atoms with van der Waals surface area (Å²) in [5.41, 5.74) is 0. The number of nitrogens with zero attached hydrogens (tertiary/aromatic N) is 4. The lowest BCUT2D eigenvalue weighted by Gasteiger charge is -2.35. The predicted octanol–water partition coefficient (Wildman–Crippen LogP) is 0.845. The van der Waals surface area contributed by atoms with E-state index in [1.54, 1.807) is 24.8 Å². The van der Waals surface area contributed by atoms with Crippen molar-refractivity contribution in [3.05, 3.63) is 35.5 Å². The zero-order valence-corrected chi connectivity index (χ0v) is 35.9. The summed E-state index contributed by atoms with van der Waals surface area (Å²) in [7, 11) is -13.2. The first-order valence-electron chi connectivity index (χ1n) is 19.3. The van der Waals surface area contributed by atoms with Gasteiger partial charge in [0.15, 0.2) is 0 Å². The Morgan fingerprint density at radius 2 is 1.63 bits per heavy atom. The molecule has 338 valence electrons. The van der Waals surface area contributed by atoms with E-state index < -0.39 is 95.6 Å². The van der Waals surface area contributed by atoms with Crippen LogP contribution in [-0.2, 0) is 54.0 Å². The summed E-state index contributed by atoms with van der Waals surface area (Å²) in [4.78, 5) is 51.1. The van der Waals surface area contributed by atoms with E-state index in [9.17, 15) is 54.7 Å². The number of ether oxygens (including phenoxy) is 2. The molecule has 60 heavy (non-hydrogen) atoms. The molecule has 1 saturated heterocycles. The second kappa shape index (κ2) is 22.4. The van der Waals surface area contributed by atoms with Gasteiger partial charge in [-0.3, -0.25) is 33.4 Å². The number of benzene rings is 1. The largest absolute Gasteiger partial charge is 0.480 e. The van der Waals surface area contributed by atoms with E-state index in [-0.39, 0.29) is 53.1 Å². The number of carbonyl (C=O) groups excluding carboxylic acids is 3. The molecule has 2 aliphatic rings. The first-order chi connectivity index (χ1) is 28.1. The lowest BCUT2D eigenvalue weighted by molar-refractivity contribution is -0.832. The van der Waals surface area contributed by atoms with Crippen LogP contribution < -0.4 is 15.0 Å². The van der Waals surface area contributed by atoms with Crippen molar-refractivity contribution in [2.24, 2.45) is 5.92 Å². The maximum Gasteiger partial charge on any atom is 0.414 e. The molecule has 5 atom stereocenters. The molecule has 0 unspecified atom stereocenters. The summed E-state index contributed by atoms with van der Waals surface area (Å²) < 4.78 is 101. The van der Waals surface area contributed by atoms with Crippen molar-refractivity contribution >= 4 is 53.8 Å². The summed E-state index contributed by atoms with van der Waals surface area (Å²) in [5.74, 6) is -4.33. The van der Waals surface area contributed by atoms with E-state index >= 15 is 0 Å². The summed E-state index contributed by atoms with van der Waals surface area (Å²) in [5, 5.41) is 26.9. The molecule has 2 amide bonds.